The molecule has 5 nitrogen and oxygen atoms in total. The lowest BCUT2D eigenvalue weighted by Crippen LogP contribution is -2.34. The van der Waals surface area contributed by atoms with Crippen LogP contribution in [0.2, 0.25) is 0 Å². The van der Waals surface area contributed by atoms with Crippen molar-refractivity contribution in [2.24, 2.45) is 0 Å². The summed E-state index contributed by atoms with van der Waals surface area (Å²) in [6.07, 6.45) is 0. The molecule has 7 heteroatoms. The standard InChI is InChI=1S/C12H13BrN4OS/c1-3-17(12-16-15-10(13)19-12)11(18)14-9-6-4-8(2)5-7-9/h4-7H,3H2,1-2H3,(H,14,18). The molecule has 0 bridgehead atoms. The number of nitrogens with one attached hydrogen (secondary N) is 1. The SMILES string of the molecule is CCN(C(=O)Nc1ccc(C)cc1)c1nnc(Br)s1. The molecular formula is C12H13BrN4OS. The van der Waals surface area contributed by atoms with Crippen LogP contribution in [0.5, 0.6) is 0 Å². The number of aromatic nitrogens is 2. The highest BCUT2D eigenvalue weighted by atomic mass is 79.9. The number of hydrogen-bond acceptors (Lipinski definition) is 4. The minimum Gasteiger partial charge on any atom is -0.307 e. The van der Waals surface area contributed by atoms with Crippen molar-refractivity contribution in [2.75, 3.05) is 16.8 Å². The monoisotopic (exact) mass is 340 g/mol. The van der Waals surface area contributed by atoms with Crippen LogP contribution < -0.4 is 10.2 Å². The normalized spacial score (nSPS) is 10.3. The number of carbonyl (C=O) groups excluding carboxylic acids is 1. The third-order valence-corrected chi connectivity index (χ3v) is 3.86. The second-order valence-corrected chi connectivity index (χ2v) is 6.11. The van der Waals surface area contributed by atoms with Crippen molar-refractivity contribution in [3.05, 3.63) is 33.7 Å². The molecule has 2 aromatic rings. The summed E-state index contributed by atoms with van der Waals surface area (Å²) < 4.78 is 0.657. The molecule has 1 N–H and O–H groups in total. The lowest BCUT2D eigenvalue weighted by molar-refractivity contribution is 0.257. The van der Waals surface area contributed by atoms with Crippen molar-refractivity contribution >= 4 is 44.1 Å². The van der Waals surface area contributed by atoms with Gasteiger partial charge in [0.25, 0.3) is 0 Å². The van der Waals surface area contributed by atoms with E-state index in [4.69, 9.17) is 0 Å². The second-order valence-electron chi connectivity index (χ2n) is 3.88. The fraction of sp³-hybridized carbons (Fsp3) is 0.250. The molecule has 0 fully saturated rings. The Morgan fingerprint density at radius 3 is 2.58 bits per heavy atom. The summed E-state index contributed by atoms with van der Waals surface area (Å²) >= 11 is 4.56. The van der Waals surface area contributed by atoms with E-state index in [1.165, 1.54) is 11.3 Å². The minimum absolute atomic E-state index is 0.213. The number of benzene rings is 1. The van der Waals surface area contributed by atoms with E-state index < -0.39 is 0 Å². The molecule has 19 heavy (non-hydrogen) atoms. The molecule has 0 unspecified atom stereocenters. The van der Waals surface area contributed by atoms with Crippen LogP contribution in [0.1, 0.15) is 12.5 Å². The zero-order valence-corrected chi connectivity index (χ0v) is 13.0. The van der Waals surface area contributed by atoms with Gasteiger partial charge in [-0.15, -0.1) is 10.2 Å². The maximum atomic E-state index is 12.2. The van der Waals surface area contributed by atoms with E-state index in [0.29, 0.717) is 15.6 Å². The maximum absolute atomic E-state index is 12.2. The third kappa shape index (κ3) is 3.51. The fourth-order valence-corrected chi connectivity index (χ4v) is 2.65. The van der Waals surface area contributed by atoms with E-state index in [1.54, 1.807) is 4.90 Å². The number of aryl methyl sites for hydroxylation is 1. The van der Waals surface area contributed by atoms with Crippen molar-refractivity contribution in [3.8, 4) is 0 Å². The van der Waals surface area contributed by atoms with E-state index in [2.05, 4.69) is 31.4 Å². The average molecular weight is 341 g/mol. The van der Waals surface area contributed by atoms with E-state index in [9.17, 15) is 4.79 Å². The van der Waals surface area contributed by atoms with E-state index >= 15 is 0 Å². The molecule has 0 aliphatic carbocycles. The van der Waals surface area contributed by atoms with E-state index in [0.717, 1.165) is 11.3 Å². The lowest BCUT2D eigenvalue weighted by atomic mass is 10.2. The Balaban J connectivity index is 2.11. The predicted octanol–water partition coefficient (Wildman–Crippen LogP) is 3.67. The molecule has 1 heterocycles. The quantitative estimate of drug-likeness (QED) is 0.927. The average Bonchev–Trinajstić information content (AvgIpc) is 2.80. The van der Waals surface area contributed by atoms with Crippen molar-refractivity contribution in [1.82, 2.24) is 10.2 Å². The van der Waals surface area contributed by atoms with Gasteiger partial charge in [0, 0.05) is 12.2 Å². The molecule has 100 valence electrons. The van der Waals surface area contributed by atoms with Crippen LogP contribution in [0.25, 0.3) is 0 Å². The van der Waals surface area contributed by atoms with Gasteiger partial charge in [0.05, 0.1) is 0 Å². The van der Waals surface area contributed by atoms with Gasteiger partial charge < -0.3 is 5.32 Å². The highest BCUT2D eigenvalue weighted by Gasteiger charge is 2.17. The van der Waals surface area contributed by atoms with E-state index in [1.807, 2.05) is 38.1 Å². The first-order chi connectivity index (χ1) is 9.10. The topological polar surface area (TPSA) is 58.1 Å². The first-order valence-corrected chi connectivity index (χ1v) is 7.35. The van der Waals surface area contributed by atoms with Crippen LogP contribution in [0.4, 0.5) is 15.6 Å². The molecule has 2 amide bonds. The van der Waals surface area contributed by atoms with Gasteiger partial charge in [-0.1, -0.05) is 29.0 Å². The van der Waals surface area contributed by atoms with Crippen molar-refractivity contribution in [1.29, 1.82) is 0 Å². The molecular weight excluding hydrogens is 328 g/mol. The molecule has 0 saturated carbocycles. The Labute approximate surface area is 123 Å². The molecule has 0 saturated heterocycles. The van der Waals surface area contributed by atoms with Crippen molar-refractivity contribution in [2.45, 2.75) is 13.8 Å². The van der Waals surface area contributed by atoms with Gasteiger partial charge in [-0.25, -0.2) is 4.79 Å². The largest absolute Gasteiger partial charge is 0.328 e. The van der Waals surface area contributed by atoms with Gasteiger partial charge in [0.1, 0.15) is 0 Å². The first kappa shape index (κ1) is 14.0. The van der Waals surface area contributed by atoms with Crippen LogP contribution in [0, 0.1) is 6.92 Å². The lowest BCUT2D eigenvalue weighted by Gasteiger charge is -2.17. The number of halogens is 1. The summed E-state index contributed by atoms with van der Waals surface area (Å²) in [7, 11) is 0. The fourth-order valence-electron chi connectivity index (χ4n) is 1.50. The van der Waals surface area contributed by atoms with Gasteiger partial charge in [-0.3, -0.25) is 4.90 Å². The van der Waals surface area contributed by atoms with Crippen molar-refractivity contribution in [3.63, 3.8) is 0 Å². The van der Waals surface area contributed by atoms with Crippen LogP contribution >= 0.6 is 27.3 Å². The van der Waals surface area contributed by atoms with Crippen LogP contribution in [0.15, 0.2) is 28.2 Å². The van der Waals surface area contributed by atoms with Gasteiger partial charge in [0.2, 0.25) is 5.13 Å². The number of rotatable bonds is 3. The Bertz CT molecular complexity index is 569. The third-order valence-electron chi connectivity index (χ3n) is 2.48. The zero-order valence-electron chi connectivity index (χ0n) is 10.6. The number of nitrogens with zero attached hydrogens (tertiary/aromatic N) is 3. The summed E-state index contributed by atoms with van der Waals surface area (Å²) in [5.41, 5.74) is 1.91. The summed E-state index contributed by atoms with van der Waals surface area (Å²) in [4.78, 5) is 13.7. The van der Waals surface area contributed by atoms with Crippen LogP contribution in [-0.4, -0.2) is 22.8 Å². The van der Waals surface area contributed by atoms with Gasteiger partial charge >= 0.3 is 6.03 Å². The molecule has 0 atom stereocenters. The number of urea groups is 1. The van der Waals surface area contributed by atoms with Gasteiger partial charge in [-0.2, -0.15) is 0 Å². The Hall–Kier alpha value is -1.47. The Morgan fingerprint density at radius 1 is 1.37 bits per heavy atom. The molecule has 0 aliphatic heterocycles. The first-order valence-electron chi connectivity index (χ1n) is 5.74. The highest BCUT2D eigenvalue weighted by Crippen LogP contribution is 2.24. The highest BCUT2D eigenvalue weighted by molar-refractivity contribution is 9.11. The van der Waals surface area contributed by atoms with Crippen molar-refractivity contribution < 1.29 is 4.79 Å². The van der Waals surface area contributed by atoms with Crippen LogP contribution in [-0.2, 0) is 0 Å². The zero-order chi connectivity index (χ0) is 13.8. The minimum atomic E-state index is -0.213. The summed E-state index contributed by atoms with van der Waals surface area (Å²) in [6, 6.07) is 7.43. The van der Waals surface area contributed by atoms with Crippen LogP contribution in [0.3, 0.4) is 0 Å². The van der Waals surface area contributed by atoms with E-state index in [-0.39, 0.29) is 6.03 Å². The maximum Gasteiger partial charge on any atom is 0.328 e. The predicted molar refractivity (Wildman–Crippen MR) is 80.8 cm³/mol. The molecule has 1 aromatic carbocycles. The number of hydrogen-bond donors (Lipinski definition) is 1. The Kier molecular flexibility index (Phi) is 4.49. The number of carbonyl (C=O) groups is 1. The number of amides is 2. The molecule has 0 spiro atoms. The summed E-state index contributed by atoms with van der Waals surface area (Å²) in [6.45, 7) is 4.42. The molecule has 0 radical (unpaired) electrons. The Morgan fingerprint density at radius 2 is 2.05 bits per heavy atom. The van der Waals surface area contributed by atoms with Gasteiger partial charge in [-0.05, 0) is 41.9 Å². The smallest absolute Gasteiger partial charge is 0.307 e. The molecule has 2 rings (SSSR count). The molecule has 1 aromatic heterocycles. The number of anilines is 2. The summed E-state index contributed by atoms with van der Waals surface area (Å²) in [5, 5.41) is 11.2. The van der Waals surface area contributed by atoms with Gasteiger partial charge in [0.15, 0.2) is 3.92 Å². The summed E-state index contributed by atoms with van der Waals surface area (Å²) in [5.74, 6) is 0. The second kappa shape index (κ2) is 6.12. The molecule has 0 aliphatic rings.